The molecule has 0 aromatic carbocycles. The zero-order chi connectivity index (χ0) is 29.7. The first kappa shape index (κ1) is 30.8. The lowest BCUT2D eigenvalue weighted by atomic mass is 9.86. The Morgan fingerprint density at radius 3 is 2.49 bits per heavy atom. The zero-order valence-corrected chi connectivity index (χ0v) is 26.0. The molecule has 0 unspecified atom stereocenters. The molecule has 41 heavy (non-hydrogen) atoms. The van der Waals surface area contributed by atoms with Gasteiger partial charge in [0, 0.05) is 36.2 Å². The number of thiophene rings is 1. The Morgan fingerprint density at radius 1 is 1.15 bits per heavy atom. The summed E-state index contributed by atoms with van der Waals surface area (Å²) >= 11 is 1.16. The molecule has 1 amide bonds. The molecule has 2 heterocycles. The topological polar surface area (TPSA) is 83.0 Å². The van der Waals surface area contributed by atoms with Crippen LogP contribution in [0.4, 0.5) is 5.69 Å². The monoisotopic (exact) mass is 577 g/mol. The summed E-state index contributed by atoms with van der Waals surface area (Å²) in [6.45, 7) is 8.99. The highest BCUT2D eigenvalue weighted by Gasteiger charge is 2.37. The van der Waals surface area contributed by atoms with Crippen LogP contribution in [0.25, 0.3) is 0 Å². The Bertz CT molecular complexity index is 1340. The number of rotatable bonds is 8. The fourth-order valence-electron chi connectivity index (χ4n) is 5.48. The maximum absolute atomic E-state index is 14.1. The lowest BCUT2D eigenvalue weighted by Crippen LogP contribution is -2.47. The van der Waals surface area contributed by atoms with E-state index < -0.39 is 5.97 Å². The molecule has 0 aliphatic heterocycles. The lowest BCUT2D eigenvalue weighted by molar-refractivity contribution is -0.123. The maximum Gasteiger partial charge on any atom is 0.348 e. The van der Waals surface area contributed by atoms with Crippen molar-refractivity contribution < 1.29 is 19.4 Å². The Kier molecular flexibility index (Phi) is 9.93. The maximum atomic E-state index is 14.1. The number of amides is 1. The number of carboxylic acid groups (broad SMARTS) is 1. The molecule has 7 nitrogen and oxygen atoms in total. The summed E-state index contributed by atoms with van der Waals surface area (Å²) in [5, 5.41) is 10.1. The van der Waals surface area contributed by atoms with Gasteiger partial charge in [-0.25, -0.2) is 9.78 Å². The van der Waals surface area contributed by atoms with E-state index >= 15 is 0 Å². The van der Waals surface area contributed by atoms with Crippen molar-refractivity contribution >= 4 is 28.9 Å². The van der Waals surface area contributed by atoms with Crippen molar-refractivity contribution in [2.75, 3.05) is 19.0 Å². The fourth-order valence-corrected chi connectivity index (χ4v) is 6.32. The zero-order valence-electron chi connectivity index (χ0n) is 25.2. The van der Waals surface area contributed by atoms with E-state index in [1.165, 1.54) is 5.57 Å². The van der Waals surface area contributed by atoms with E-state index in [0.29, 0.717) is 22.9 Å². The number of carbonyl (C=O) groups is 2. The summed E-state index contributed by atoms with van der Waals surface area (Å²) in [6.07, 6.45) is 9.29. The van der Waals surface area contributed by atoms with Crippen molar-refractivity contribution in [3.05, 3.63) is 51.4 Å². The number of hydrogen-bond donors (Lipinski definition) is 1. The van der Waals surface area contributed by atoms with Gasteiger partial charge in [-0.2, -0.15) is 0 Å². The van der Waals surface area contributed by atoms with Gasteiger partial charge in [0.1, 0.15) is 11.0 Å². The lowest BCUT2D eigenvalue weighted by Gasteiger charge is -2.38. The van der Waals surface area contributed by atoms with Crippen LogP contribution >= 0.6 is 11.3 Å². The molecule has 0 saturated heterocycles. The van der Waals surface area contributed by atoms with Crippen LogP contribution in [-0.4, -0.2) is 53.1 Å². The van der Waals surface area contributed by atoms with Crippen LogP contribution in [0.3, 0.4) is 0 Å². The first-order valence-corrected chi connectivity index (χ1v) is 15.4. The van der Waals surface area contributed by atoms with Crippen LogP contribution in [0, 0.1) is 23.2 Å². The van der Waals surface area contributed by atoms with E-state index in [9.17, 15) is 14.7 Å². The second-order valence-corrected chi connectivity index (χ2v) is 13.7. The van der Waals surface area contributed by atoms with Gasteiger partial charge in [-0.1, -0.05) is 23.5 Å². The number of anilines is 1. The SMILES string of the molecule is CC1=CC[C@@H](C(=O)N(c2cc(C#CC(C)(C)C)sc2C(=O)O)[C@H]2CC[C@H](Oc3cc(CN(C)C)ccn3)CC2)CC1. The predicted molar refractivity (Wildman–Crippen MR) is 164 cm³/mol. The third-order valence-corrected chi connectivity index (χ3v) is 8.57. The van der Waals surface area contributed by atoms with Crippen molar-refractivity contribution in [2.24, 2.45) is 11.3 Å². The molecule has 4 rings (SSSR count). The summed E-state index contributed by atoms with van der Waals surface area (Å²) in [6, 6.07) is 5.71. The average Bonchev–Trinajstić information content (AvgIpc) is 3.33. The Balaban J connectivity index is 1.58. The number of carboxylic acids is 1. The van der Waals surface area contributed by atoms with Crippen LogP contribution in [-0.2, 0) is 11.3 Å². The molecule has 0 radical (unpaired) electrons. The highest BCUT2D eigenvalue weighted by atomic mass is 32.1. The quantitative estimate of drug-likeness (QED) is 0.275. The summed E-state index contributed by atoms with van der Waals surface area (Å²) in [7, 11) is 4.06. The van der Waals surface area contributed by atoms with E-state index in [4.69, 9.17) is 4.74 Å². The summed E-state index contributed by atoms with van der Waals surface area (Å²) < 4.78 is 6.28. The first-order chi connectivity index (χ1) is 19.4. The molecule has 8 heteroatoms. The molecule has 1 atom stereocenters. The van der Waals surface area contributed by atoms with Crippen LogP contribution < -0.4 is 9.64 Å². The number of nitrogens with zero attached hydrogens (tertiary/aromatic N) is 3. The minimum absolute atomic E-state index is 0.000189. The van der Waals surface area contributed by atoms with Crippen molar-refractivity contribution in [1.82, 2.24) is 9.88 Å². The number of pyridine rings is 1. The van der Waals surface area contributed by atoms with Gasteiger partial charge in [0.05, 0.1) is 10.6 Å². The van der Waals surface area contributed by atoms with Gasteiger partial charge in [-0.15, -0.1) is 11.3 Å². The van der Waals surface area contributed by atoms with Gasteiger partial charge < -0.3 is 19.6 Å². The van der Waals surface area contributed by atoms with Crippen molar-refractivity contribution in [3.8, 4) is 17.7 Å². The fraction of sp³-hybridized carbons (Fsp3) is 0.545. The summed E-state index contributed by atoms with van der Waals surface area (Å²) in [4.78, 5) is 35.7. The second-order valence-electron chi connectivity index (χ2n) is 12.6. The van der Waals surface area contributed by atoms with Gasteiger partial charge >= 0.3 is 5.97 Å². The minimum Gasteiger partial charge on any atom is -0.477 e. The molecule has 2 aromatic rings. The number of ether oxygens (including phenoxy) is 1. The molecule has 2 aromatic heterocycles. The van der Waals surface area contributed by atoms with Crippen LogP contribution in [0.1, 0.15) is 92.8 Å². The van der Waals surface area contributed by atoms with E-state index in [-0.39, 0.29) is 34.3 Å². The molecule has 2 aliphatic rings. The van der Waals surface area contributed by atoms with Crippen LogP contribution in [0.5, 0.6) is 5.88 Å². The minimum atomic E-state index is -1.02. The molecule has 0 spiro atoms. The Labute approximate surface area is 248 Å². The van der Waals surface area contributed by atoms with Crippen molar-refractivity contribution in [1.29, 1.82) is 0 Å². The summed E-state index contributed by atoms with van der Waals surface area (Å²) in [5.74, 6) is 5.84. The normalized spacial score (nSPS) is 21.0. The molecule has 0 bridgehead atoms. The molecule has 1 N–H and O–H groups in total. The molecule has 2 aliphatic carbocycles. The third kappa shape index (κ3) is 8.43. The highest BCUT2D eigenvalue weighted by molar-refractivity contribution is 7.15. The van der Waals surface area contributed by atoms with Crippen LogP contribution in [0.2, 0.25) is 0 Å². The Morgan fingerprint density at radius 2 is 1.88 bits per heavy atom. The van der Waals surface area contributed by atoms with E-state index in [1.807, 2.05) is 58.0 Å². The number of aromatic carboxylic acids is 1. The number of hydrogen-bond acceptors (Lipinski definition) is 6. The molecule has 220 valence electrons. The van der Waals surface area contributed by atoms with E-state index in [1.54, 1.807) is 6.20 Å². The van der Waals surface area contributed by atoms with Gasteiger partial charge in [-0.05, 0) is 104 Å². The Hall–Kier alpha value is -3.15. The van der Waals surface area contributed by atoms with E-state index in [0.717, 1.165) is 62.0 Å². The standard InChI is InChI=1S/C33H43N3O4S/c1-22-7-9-24(10-8-22)31(37)36(28-20-27(15-17-33(2,3)4)41-30(28)32(38)39)25-11-13-26(14-12-25)40-29-19-23(16-18-34-29)21-35(5)6/h7,16,18-20,24-26H,8-14,21H2,1-6H3,(H,38,39)/t24-,25-,26-/m1/s1. The smallest absolute Gasteiger partial charge is 0.348 e. The predicted octanol–water partition coefficient (Wildman–Crippen LogP) is 6.77. The largest absolute Gasteiger partial charge is 0.477 e. The average molecular weight is 578 g/mol. The van der Waals surface area contributed by atoms with Crippen LogP contribution in [0.15, 0.2) is 36.0 Å². The second kappa shape index (κ2) is 13.2. The van der Waals surface area contributed by atoms with Gasteiger partial charge in [-0.3, -0.25) is 4.79 Å². The first-order valence-electron chi connectivity index (χ1n) is 14.5. The van der Waals surface area contributed by atoms with Crippen molar-refractivity contribution in [2.45, 2.75) is 91.3 Å². The van der Waals surface area contributed by atoms with Gasteiger partial charge in [0.25, 0.3) is 0 Å². The number of allylic oxidation sites excluding steroid dienone is 2. The van der Waals surface area contributed by atoms with Gasteiger partial charge in [0.2, 0.25) is 11.8 Å². The van der Waals surface area contributed by atoms with Crippen molar-refractivity contribution in [3.63, 3.8) is 0 Å². The molecule has 1 fully saturated rings. The molecular formula is C33H43N3O4S. The van der Waals surface area contributed by atoms with E-state index in [2.05, 4.69) is 34.7 Å². The highest BCUT2D eigenvalue weighted by Crippen LogP contribution is 2.38. The number of carbonyl (C=O) groups excluding carboxylic acids is 1. The number of aromatic nitrogens is 1. The summed E-state index contributed by atoms with van der Waals surface area (Å²) in [5.41, 5.74) is 2.72. The third-order valence-electron chi connectivity index (χ3n) is 7.55. The molecule has 1 saturated carbocycles. The molecular weight excluding hydrogens is 534 g/mol. The van der Waals surface area contributed by atoms with Gasteiger partial charge in [0.15, 0.2) is 0 Å².